The van der Waals surface area contributed by atoms with Crippen LogP contribution in [-0.2, 0) is 6.42 Å². The van der Waals surface area contributed by atoms with Crippen molar-refractivity contribution in [2.75, 3.05) is 46.3 Å². The lowest BCUT2D eigenvalue weighted by molar-refractivity contribution is 0.0950. The molecule has 176 valence electrons. The van der Waals surface area contributed by atoms with Crippen molar-refractivity contribution in [3.8, 4) is 0 Å². The van der Waals surface area contributed by atoms with Gasteiger partial charge >= 0.3 is 0 Å². The number of halogens is 1. The van der Waals surface area contributed by atoms with E-state index in [9.17, 15) is 4.79 Å². The number of carbonyl (C=O) groups is 1. The molecule has 2 aliphatic rings. The molecule has 3 aromatic rings. The zero-order chi connectivity index (χ0) is 23.5. The Morgan fingerprint density at radius 1 is 1.06 bits per heavy atom. The predicted molar refractivity (Wildman–Crippen MR) is 140 cm³/mol. The largest absolute Gasteiger partial charge is 0.352 e. The van der Waals surface area contributed by atoms with Crippen molar-refractivity contribution in [1.29, 1.82) is 0 Å². The molecule has 5 nitrogen and oxygen atoms in total. The number of aromatic nitrogens is 1. The highest BCUT2D eigenvalue weighted by Crippen LogP contribution is 2.38. The maximum Gasteiger partial charge on any atom is 0.252 e. The number of hydrogen-bond acceptors (Lipinski definition) is 4. The summed E-state index contributed by atoms with van der Waals surface area (Å²) in [5, 5.41) is 4.85. The topological polar surface area (TPSA) is 48.5 Å². The summed E-state index contributed by atoms with van der Waals surface area (Å²) < 4.78 is 0. The fourth-order valence-electron chi connectivity index (χ4n) is 4.98. The zero-order valence-electron chi connectivity index (χ0n) is 19.7. The number of nitrogens with one attached hydrogen (secondary N) is 1. The van der Waals surface area contributed by atoms with Gasteiger partial charge in [-0.15, -0.1) is 0 Å². The summed E-state index contributed by atoms with van der Waals surface area (Å²) in [6.45, 7) is 6.14. The lowest BCUT2D eigenvalue weighted by Crippen LogP contribution is -2.45. The molecule has 1 aliphatic heterocycles. The molecule has 0 unspecified atom stereocenters. The number of likely N-dealkylation sites (N-methyl/N-ethyl adjacent to an activating group) is 1. The normalized spacial score (nSPS) is 17.9. The molecular formula is C28H31ClN4O. The van der Waals surface area contributed by atoms with Crippen LogP contribution in [0.25, 0.3) is 22.6 Å². The molecule has 6 heteroatoms. The van der Waals surface area contributed by atoms with Crippen LogP contribution in [0.3, 0.4) is 0 Å². The summed E-state index contributed by atoms with van der Waals surface area (Å²) in [5.41, 5.74) is 5.74. The van der Waals surface area contributed by atoms with E-state index in [0.717, 1.165) is 95.9 Å². The molecule has 0 radical (unpaired) electrons. The van der Waals surface area contributed by atoms with E-state index >= 15 is 0 Å². The Morgan fingerprint density at radius 2 is 1.82 bits per heavy atom. The van der Waals surface area contributed by atoms with Gasteiger partial charge < -0.3 is 15.1 Å². The van der Waals surface area contributed by atoms with Crippen molar-refractivity contribution in [2.24, 2.45) is 0 Å². The molecule has 0 spiro atoms. The summed E-state index contributed by atoms with van der Waals surface area (Å²) in [6.07, 6.45) is 4.74. The molecular weight excluding hydrogens is 444 g/mol. The molecule has 0 bridgehead atoms. The molecule has 0 saturated carbocycles. The van der Waals surface area contributed by atoms with Gasteiger partial charge in [-0.2, -0.15) is 0 Å². The maximum absolute atomic E-state index is 13.4. The number of piperazine rings is 1. The van der Waals surface area contributed by atoms with Crippen LogP contribution in [-0.4, -0.2) is 67.0 Å². The number of allylic oxidation sites excluding steroid dienone is 1. The monoisotopic (exact) mass is 474 g/mol. The minimum atomic E-state index is 0.00669. The van der Waals surface area contributed by atoms with Crippen LogP contribution in [0.4, 0.5) is 0 Å². The standard InChI is InChI=1S/C28H31ClN4O/c1-32-15-17-33(18-16-32)14-6-13-30-28(34)26-22-8-3-5-10-25(22)31-27-21(11-12-23(26)27)19-20-7-2-4-9-24(20)29/h2-5,7-10,19H,6,11-18H2,1H3,(H,30,34)/b21-19-. The van der Waals surface area contributed by atoms with Crippen LogP contribution in [0.15, 0.2) is 48.5 Å². The van der Waals surface area contributed by atoms with Crippen LogP contribution in [0.2, 0.25) is 5.02 Å². The molecule has 1 aromatic heterocycles. The Bertz CT molecular complexity index is 1230. The van der Waals surface area contributed by atoms with Gasteiger partial charge in [0.1, 0.15) is 0 Å². The van der Waals surface area contributed by atoms with E-state index in [4.69, 9.17) is 16.6 Å². The van der Waals surface area contributed by atoms with Gasteiger partial charge in [0.25, 0.3) is 5.91 Å². The first-order valence-corrected chi connectivity index (χ1v) is 12.5. The van der Waals surface area contributed by atoms with Crippen molar-refractivity contribution >= 4 is 40.1 Å². The third kappa shape index (κ3) is 4.88. The van der Waals surface area contributed by atoms with Crippen LogP contribution in [0, 0.1) is 0 Å². The zero-order valence-corrected chi connectivity index (χ0v) is 20.4. The Kier molecular flexibility index (Phi) is 6.95. The van der Waals surface area contributed by atoms with Gasteiger partial charge in [0.2, 0.25) is 0 Å². The fraction of sp³-hybridized carbons (Fsp3) is 0.357. The van der Waals surface area contributed by atoms with Crippen LogP contribution < -0.4 is 5.32 Å². The summed E-state index contributed by atoms with van der Waals surface area (Å²) >= 11 is 6.41. The number of pyridine rings is 1. The van der Waals surface area contributed by atoms with Gasteiger partial charge in [0.05, 0.1) is 16.8 Å². The van der Waals surface area contributed by atoms with Crippen molar-refractivity contribution in [2.45, 2.75) is 19.3 Å². The smallest absolute Gasteiger partial charge is 0.252 e. The van der Waals surface area contributed by atoms with E-state index in [1.807, 2.05) is 48.5 Å². The molecule has 1 N–H and O–H groups in total. The van der Waals surface area contributed by atoms with Gasteiger partial charge in [0.15, 0.2) is 0 Å². The average Bonchev–Trinajstić information content (AvgIpc) is 3.24. The predicted octanol–water partition coefficient (Wildman–Crippen LogP) is 4.74. The van der Waals surface area contributed by atoms with E-state index in [0.29, 0.717) is 6.54 Å². The highest BCUT2D eigenvalue weighted by Gasteiger charge is 2.27. The van der Waals surface area contributed by atoms with Gasteiger partial charge in [0, 0.05) is 43.1 Å². The first-order valence-electron chi connectivity index (χ1n) is 12.2. The molecule has 1 fully saturated rings. The number of rotatable bonds is 6. The van der Waals surface area contributed by atoms with Gasteiger partial charge in [-0.1, -0.05) is 48.0 Å². The summed E-state index contributed by atoms with van der Waals surface area (Å²) in [7, 11) is 2.17. The maximum atomic E-state index is 13.4. The Labute approximate surface area is 206 Å². The highest BCUT2D eigenvalue weighted by molar-refractivity contribution is 6.32. The minimum Gasteiger partial charge on any atom is -0.352 e. The van der Waals surface area contributed by atoms with E-state index in [2.05, 4.69) is 28.2 Å². The summed E-state index contributed by atoms with van der Waals surface area (Å²) in [5.74, 6) is 0.00669. The van der Waals surface area contributed by atoms with Crippen LogP contribution >= 0.6 is 11.6 Å². The van der Waals surface area contributed by atoms with E-state index in [1.54, 1.807) is 0 Å². The number of fused-ring (bicyclic) bond motifs is 2. The minimum absolute atomic E-state index is 0.00669. The van der Waals surface area contributed by atoms with Crippen LogP contribution in [0.1, 0.15) is 40.0 Å². The van der Waals surface area contributed by atoms with Crippen molar-refractivity contribution in [3.63, 3.8) is 0 Å². The molecule has 5 rings (SSSR count). The Hall–Kier alpha value is -2.73. The first kappa shape index (κ1) is 23.0. The first-order chi connectivity index (χ1) is 16.6. The molecule has 0 atom stereocenters. The average molecular weight is 475 g/mol. The lowest BCUT2D eigenvalue weighted by atomic mass is 10.00. The number of para-hydroxylation sites is 1. The summed E-state index contributed by atoms with van der Waals surface area (Å²) in [4.78, 5) is 23.2. The third-order valence-corrected chi connectivity index (χ3v) is 7.28. The highest BCUT2D eigenvalue weighted by atomic mass is 35.5. The number of hydrogen-bond donors (Lipinski definition) is 1. The second-order valence-electron chi connectivity index (χ2n) is 9.28. The molecule has 2 aromatic carbocycles. The second kappa shape index (κ2) is 10.3. The molecule has 1 saturated heterocycles. The number of amides is 1. The van der Waals surface area contributed by atoms with E-state index in [-0.39, 0.29) is 5.91 Å². The Morgan fingerprint density at radius 3 is 2.65 bits per heavy atom. The number of carbonyl (C=O) groups excluding carboxylic acids is 1. The number of benzene rings is 2. The number of nitrogens with zero attached hydrogens (tertiary/aromatic N) is 3. The van der Waals surface area contributed by atoms with E-state index in [1.165, 1.54) is 0 Å². The Balaban J connectivity index is 1.37. The molecule has 1 aliphatic carbocycles. The lowest BCUT2D eigenvalue weighted by Gasteiger charge is -2.32. The van der Waals surface area contributed by atoms with Gasteiger partial charge in [-0.05, 0) is 67.8 Å². The van der Waals surface area contributed by atoms with Crippen molar-refractivity contribution in [3.05, 3.63) is 75.9 Å². The third-order valence-electron chi connectivity index (χ3n) is 6.94. The van der Waals surface area contributed by atoms with Crippen molar-refractivity contribution < 1.29 is 4.79 Å². The van der Waals surface area contributed by atoms with Gasteiger partial charge in [-0.25, -0.2) is 4.98 Å². The van der Waals surface area contributed by atoms with Crippen LogP contribution in [0.5, 0.6) is 0 Å². The SMILES string of the molecule is CN1CCN(CCCNC(=O)c2c3c(nc4ccccc24)/C(=C\c2ccccc2Cl)CC3)CC1. The molecule has 2 heterocycles. The molecule has 34 heavy (non-hydrogen) atoms. The molecule has 1 amide bonds. The second-order valence-corrected chi connectivity index (χ2v) is 9.68. The quantitative estimate of drug-likeness (QED) is 0.524. The summed E-state index contributed by atoms with van der Waals surface area (Å²) in [6, 6.07) is 15.8. The van der Waals surface area contributed by atoms with E-state index < -0.39 is 0 Å². The van der Waals surface area contributed by atoms with Crippen molar-refractivity contribution in [1.82, 2.24) is 20.1 Å². The van der Waals surface area contributed by atoms with Gasteiger partial charge in [-0.3, -0.25) is 4.79 Å². The fourth-order valence-corrected chi connectivity index (χ4v) is 5.17.